The molecule has 1 atom stereocenters. The molecule has 1 aliphatic heterocycles. The topological polar surface area (TPSA) is 104 Å². The number of fused-ring (bicyclic) bond motifs is 1. The van der Waals surface area contributed by atoms with Gasteiger partial charge in [-0.2, -0.15) is 20.6 Å². The Morgan fingerprint density at radius 2 is 1.86 bits per heavy atom. The van der Waals surface area contributed by atoms with Crippen molar-refractivity contribution in [2.75, 3.05) is 7.11 Å². The number of H-pyrrole nitrogens is 1. The van der Waals surface area contributed by atoms with Gasteiger partial charge in [-0.1, -0.05) is 30.3 Å². The maximum Gasteiger partial charge on any atom is 0.206 e. The first-order valence-corrected chi connectivity index (χ1v) is 8.97. The molecule has 0 unspecified atom stereocenters. The summed E-state index contributed by atoms with van der Waals surface area (Å²) in [5.41, 5.74) is 4.35. The van der Waals surface area contributed by atoms with Crippen molar-refractivity contribution in [3.63, 3.8) is 0 Å². The maximum atomic E-state index is 9.65. The number of aromatic nitrogens is 4. The second-order valence-electron chi connectivity index (χ2n) is 6.50. The molecule has 2 aromatic carbocycles. The number of rotatable bonds is 4. The molecule has 0 aliphatic carbocycles. The largest absolute Gasteiger partial charge is 0.497 e. The molecule has 1 N–H and O–H groups in total. The Balaban J connectivity index is 1.51. The van der Waals surface area contributed by atoms with Crippen LogP contribution in [0.2, 0.25) is 0 Å². The highest BCUT2D eigenvalue weighted by atomic mass is 16.5. The molecule has 0 amide bonds. The van der Waals surface area contributed by atoms with E-state index in [9.17, 15) is 5.26 Å². The van der Waals surface area contributed by atoms with E-state index in [1.165, 1.54) is 0 Å². The fraction of sp³-hybridized carbons (Fsp3) is 0.0952. The molecule has 2 aromatic heterocycles. The normalized spacial score (nSPS) is 14.6. The van der Waals surface area contributed by atoms with Gasteiger partial charge in [-0.15, -0.1) is 5.11 Å². The van der Waals surface area contributed by atoms with Crippen molar-refractivity contribution in [2.45, 2.75) is 6.17 Å². The number of azo groups is 1. The Bertz CT molecular complexity index is 1250. The lowest BCUT2D eigenvalue weighted by Crippen LogP contribution is -2.06. The zero-order valence-corrected chi connectivity index (χ0v) is 15.4. The van der Waals surface area contributed by atoms with E-state index in [1.54, 1.807) is 11.8 Å². The number of methoxy groups -OCH3 is 1. The lowest BCUT2D eigenvalue weighted by molar-refractivity contribution is 0.415. The van der Waals surface area contributed by atoms with Crippen LogP contribution >= 0.6 is 0 Å². The van der Waals surface area contributed by atoms with Gasteiger partial charge in [0.1, 0.15) is 23.1 Å². The van der Waals surface area contributed by atoms with Crippen molar-refractivity contribution in [3.05, 3.63) is 71.9 Å². The predicted molar refractivity (Wildman–Crippen MR) is 106 cm³/mol. The van der Waals surface area contributed by atoms with E-state index in [0.29, 0.717) is 17.1 Å². The Kier molecular flexibility index (Phi) is 3.92. The van der Waals surface area contributed by atoms with Crippen molar-refractivity contribution in [1.82, 2.24) is 20.0 Å². The van der Waals surface area contributed by atoms with E-state index in [1.807, 2.05) is 60.7 Å². The molecule has 0 fully saturated rings. The number of hydrogen-bond donors (Lipinski definition) is 1. The molecule has 0 bridgehead atoms. The smallest absolute Gasteiger partial charge is 0.206 e. The number of ether oxygens (including phenoxy) is 1. The van der Waals surface area contributed by atoms with Gasteiger partial charge in [-0.3, -0.25) is 5.10 Å². The maximum absolute atomic E-state index is 9.65. The first-order valence-electron chi connectivity index (χ1n) is 8.97. The van der Waals surface area contributed by atoms with Gasteiger partial charge in [0.25, 0.3) is 0 Å². The molecule has 140 valence electrons. The summed E-state index contributed by atoms with van der Waals surface area (Å²) in [6.07, 6.45) is -0.492. The highest BCUT2D eigenvalue weighted by Gasteiger charge is 2.30. The van der Waals surface area contributed by atoms with Gasteiger partial charge < -0.3 is 4.74 Å². The predicted octanol–water partition coefficient (Wildman–Crippen LogP) is 4.46. The van der Waals surface area contributed by atoms with Crippen LogP contribution in [0.25, 0.3) is 22.5 Å². The van der Waals surface area contributed by atoms with Gasteiger partial charge in [0.2, 0.25) is 6.17 Å². The molecule has 0 saturated heterocycles. The zero-order chi connectivity index (χ0) is 19.8. The van der Waals surface area contributed by atoms with Crippen LogP contribution in [0.3, 0.4) is 0 Å². The van der Waals surface area contributed by atoms with Crippen molar-refractivity contribution in [1.29, 1.82) is 5.26 Å². The molecule has 3 heterocycles. The summed E-state index contributed by atoms with van der Waals surface area (Å²) in [7, 11) is 1.63. The van der Waals surface area contributed by atoms with E-state index >= 15 is 0 Å². The highest BCUT2D eigenvalue weighted by Crippen LogP contribution is 2.39. The van der Waals surface area contributed by atoms with Gasteiger partial charge in [-0.25, -0.2) is 4.68 Å². The Morgan fingerprint density at radius 3 is 2.59 bits per heavy atom. The molecule has 0 spiro atoms. The van der Waals surface area contributed by atoms with Gasteiger partial charge in [0.05, 0.1) is 18.5 Å². The molecule has 5 rings (SSSR count). The second-order valence-corrected chi connectivity index (χ2v) is 6.50. The van der Waals surface area contributed by atoms with E-state index in [-0.39, 0.29) is 0 Å². The van der Waals surface area contributed by atoms with Crippen LogP contribution in [0.1, 0.15) is 17.4 Å². The minimum Gasteiger partial charge on any atom is -0.497 e. The summed E-state index contributed by atoms with van der Waals surface area (Å²) >= 11 is 0. The van der Waals surface area contributed by atoms with Crippen LogP contribution in [-0.4, -0.2) is 27.1 Å². The molecule has 4 aromatic rings. The zero-order valence-electron chi connectivity index (χ0n) is 15.4. The average molecular weight is 381 g/mol. The lowest BCUT2D eigenvalue weighted by Gasteiger charge is -2.05. The first-order chi connectivity index (χ1) is 14.3. The number of hydrogen-bond acceptors (Lipinski definition) is 6. The fourth-order valence-corrected chi connectivity index (χ4v) is 3.32. The molecule has 0 saturated carbocycles. The van der Waals surface area contributed by atoms with Crippen LogP contribution < -0.4 is 4.74 Å². The summed E-state index contributed by atoms with van der Waals surface area (Å²) in [5, 5.41) is 30.2. The molecule has 29 heavy (non-hydrogen) atoms. The number of aromatic amines is 1. The van der Waals surface area contributed by atoms with Gasteiger partial charge in [0, 0.05) is 11.1 Å². The summed E-state index contributed by atoms with van der Waals surface area (Å²) in [5.74, 6) is 1.24. The Morgan fingerprint density at radius 1 is 1.07 bits per heavy atom. The number of benzene rings is 2. The van der Waals surface area contributed by atoms with E-state index in [2.05, 4.69) is 31.6 Å². The van der Waals surface area contributed by atoms with E-state index < -0.39 is 6.17 Å². The van der Waals surface area contributed by atoms with E-state index in [0.717, 1.165) is 28.3 Å². The van der Waals surface area contributed by atoms with Crippen LogP contribution in [0, 0.1) is 11.3 Å². The summed E-state index contributed by atoms with van der Waals surface area (Å²) in [4.78, 5) is 0. The van der Waals surface area contributed by atoms with Crippen LogP contribution in [0.15, 0.2) is 70.9 Å². The van der Waals surface area contributed by atoms with Crippen molar-refractivity contribution in [3.8, 4) is 34.3 Å². The third-order valence-corrected chi connectivity index (χ3v) is 4.80. The van der Waals surface area contributed by atoms with E-state index in [4.69, 9.17) is 4.74 Å². The van der Waals surface area contributed by atoms with Gasteiger partial charge in [-0.05, 0) is 30.3 Å². The quantitative estimate of drug-likeness (QED) is 0.563. The Hall–Kier alpha value is -4.25. The number of nitriles is 1. The Labute approximate surface area is 166 Å². The molecule has 8 heteroatoms. The second kappa shape index (κ2) is 6.73. The van der Waals surface area contributed by atoms with Crippen LogP contribution in [0.4, 0.5) is 5.82 Å². The molecule has 0 radical (unpaired) electrons. The van der Waals surface area contributed by atoms with Gasteiger partial charge in [0.15, 0.2) is 5.82 Å². The van der Waals surface area contributed by atoms with Crippen molar-refractivity contribution < 1.29 is 4.74 Å². The standard InChI is InChI=1S/C21H15N7O/c1-29-15-9-7-13(8-10-15)17-11-18(24-23-17)21-26-25-20-16(12-22)19(27-28(20)21)14-5-3-2-4-6-14/h2-11,21H,1H3,(H,23,24)/t21-/m0/s1. The summed E-state index contributed by atoms with van der Waals surface area (Å²) in [6, 6.07) is 21.4. The summed E-state index contributed by atoms with van der Waals surface area (Å²) in [6.45, 7) is 0. The third-order valence-electron chi connectivity index (χ3n) is 4.80. The molecule has 1 aliphatic rings. The molecular formula is C21H15N7O. The minimum absolute atomic E-state index is 0.414. The molecule has 8 nitrogen and oxygen atoms in total. The summed E-state index contributed by atoms with van der Waals surface area (Å²) < 4.78 is 6.86. The number of nitrogens with one attached hydrogen (secondary N) is 1. The number of nitrogens with zero attached hydrogens (tertiary/aromatic N) is 6. The highest BCUT2D eigenvalue weighted by molar-refractivity contribution is 5.72. The lowest BCUT2D eigenvalue weighted by atomic mass is 10.1. The SMILES string of the molecule is COc1ccc(-c2cc([C@H]3N=Nc4c(C#N)c(-c5ccccc5)nn43)[nH]n2)cc1. The first kappa shape index (κ1) is 16.9. The third kappa shape index (κ3) is 2.76. The van der Waals surface area contributed by atoms with Gasteiger partial charge >= 0.3 is 0 Å². The average Bonchev–Trinajstić information content (AvgIpc) is 3.49. The van der Waals surface area contributed by atoms with Crippen molar-refractivity contribution >= 4 is 5.82 Å². The van der Waals surface area contributed by atoms with Crippen LogP contribution in [-0.2, 0) is 0 Å². The fourth-order valence-electron chi connectivity index (χ4n) is 3.32. The minimum atomic E-state index is -0.492. The van der Waals surface area contributed by atoms with Crippen molar-refractivity contribution in [2.24, 2.45) is 10.2 Å². The molecular weight excluding hydrogens is 366 g/mol. The monoisotopic (exact) mass is 381 g/mol. The van der Waals surface area contributed by atoms with Crippen LogP contribution in [0.5, 0.6) is 5.75 Å².